The Kier molecular flexibility index (Phi) is 5.13. The molecular weight excluding hydrogens is 404 g/mol. The van der Waals surface area contributed by atoms with E-state index in [0.717, 1.165) is 58.0 Å². The van der Waals surface area contributed by atoms with Crippen LogP contribution in [-0.2, 0) is 0 Å². The second-order valence-electron chi connectivity index (χ2n) is 7.14. The Morgan fingerprint density at radius 2 is 2.03 bits per heavy atom. The van der Waals surface area contributed by atoms with Crippen molar-refractivity contribution in [3.05, 3.63) is 47.5 Å². The Labute approximate surface area is 176 Å². The molecule has 5 rings (SSSR count). The Morgan fingerprint density at radius 3 is 2.90 bits per heavy atom. The maximum absolute atomic E-state index is 10.2. The zero-order valence-corrected chi connectivity index (χ0v) is 17.2. The fourth-order valence-corrected chi connectivity index (χ4v) is 5.09. The topological polar surface area (TPSA) is 80.2 Å². The van der Waals surface area contributed by atoms with Crippen molar-refractivity contribution < 1.29 is 9.84 Å². The Hall–Kier alpha value is -2.55. The summed E-state index contributed by atoms with van der Waals surface area (Å²) >= 11 is 3.13. The minimum Gasteiger partial charge on any atom is -0.456 e. The van der Waals surface area contributed by atoms with Crippen LogP contribution in [0.5, 0.6) is 11.5 Å². The van der Waals surface area contributed by atoms with Crippen molar-refractivity contribution >= 4 is 38.0 Å². The van der Waals surface area contributed by atoms with Crippen LogP contribution in [0.1, 0.15) is 25.7 Å². The van der Waals surface area contributed by atoms with Crippen molar-refractivity contribution in [2.24, 2.45) is 0 Å². The maximum Gasteiger partial charge on any atom is 0.184 e. The number of thiazole rings is 2. The molecule has 8 heteroatoms. The highest BCUT2D eigenvalue weighted by atomic mass is 32.1. The second-order valence-corrected chi connectivity index (χ2v) is 8.89. The number of anilines is 1. The van der Waals surface area contributed by atoms with Crippen molar-refractivity contribution in [3.8, 4) is 22.8 Å². The average molecular weight is 425 g/mol. The number of aliphatic hydroxyl groups excluding tert-OH is 1. The molecular formula is C21H20N4O2S2. The molecule has 1 fully saturated rings. The van der Waals surface area contributed by atoms with Gasteiger partial charge in [-0.05, 0) is 31.0 Å². The van der Waals surface area contributed by atoms with Crippen molar-refractivity contribution in [2.45, 2.75) is 37.8 Å². The van der Waals surface area contributed by atoms with Crippen molar-refractivity contribution in [1.29, 1.82) is 0 Å². The van der Waals surface area contributed by atoms with Gasteiger partial charge in [-0.25, -0.2) is 9.97 Å². The van der Waals surface area contributed by atoms with E-state index < -0.39 is 0 Å². The highest BCUT2D eigenvalue weighted by Gasteiger charge is 2.23. The number of benzene rings is 1. The van der Waals surface area contributed by atoms with Gasteiger partial charge in [-0.1, -0.05) is 24.2 Å². The van der Waals surface area contributed by atoms with Crippen LogP contribution >= 0.6 is 22.7 Å². The van der Waals surface area contributed by atoms with E-state index >= 15 is 0 Å². The first-order valence-corrected chi connectivity index (χ1v) is 11.4. The number of rotatable bonds is 5. The van der Waals surface area contributed by atoms with Crippen LogP contribution in [0.4, 0.5) is 5.13 Å². The van der Waals surface area contributed by atoms with E-state index in [9.17, 15) is 5.11 Å². The summed E-state index contributed by atoms with van der Waals surface area (Å²) in [6, 6.07) is 7.89. The molecule has 3 aromatic heterocycles. The average Bonchev–Trinajstić information content (AvgIpc) is 3.39. The summed E-state index contributed by atoms with van der Waals surface area (Å²) in [5.74, 6) is 1.41. The fourth-order valence-electron chi connectivity index (χ4n) is 3.57. The summed E-state index contributed by atoms with van der Waals surface area (Å²) in [5, 5.41) is 16.4. The van der Waals surface area contributed by atoms with Gasteiger partial charge in [0.15, 0.2) is 5.13 Å². The van der Waals surface area contributed by atoms with Crippen LogP contribution in [-0.4, -0.2) is 32.2 Å². The van der Waals surface area contributed by atoms with Gasteiger partial charge in [-0.2, -0.15) is 0 Å². The zero-order chi connectivity index (χ0) is 19.6. The molecule has 0 amide bonds. The molecule has 0 unspecified atom stereocenters. The van der Waals surface area contributed by atoms with Gasteiger partial charge < -0.3 is 15.2 Å². The molecule has 2 atom stereocenters. The van der Waals surface area contributed by atoms with E-state index in [2.05, 4.69) is 20.3 Å². The lowest BCUT2D eigenvalue weighted by atomic mass is 9.93. The van der Waals surface area contributed by atoms with Crippen LogP contribution in [0.25, 0.3) is 21.5 Å². The molecule has 1 aliphatic rings. The van der Waals surface area contributed by atoms with Gasteiger partial charge in [0.2, 0.25) is 0 Å². The monoisotopic (exact) mass is 424 g/mol. The molecule has 1 saturated carbocycles. The van der Waals surface area contributed by atoms with Gasteiger partial charge >= 0.3 is 0 Å². The number of hydrogen-bond donors (Lipinski definition) is 2. The quantitative estimate of drug-likeness (QED) is 0.451. The van der Waals surface area contributed by atoms with Gasteiger partial charge in [0, 0.05) is 23.2 Å². The standard InChI is InChI=1S/C21H20N4O2S2/c26-19-4-2-1-3-16(19)24-21-25-17-6-5-14(8-20(17)29-21)27-15-7-13(9-22-10-15)18-11-28-12-23-18/h5-12,16,19,26H,1-4H2,(H,24,25)/t16-,19-/m1/s1. The van der Waals surface area contributed by atoms with Gasteiger partial charge in [0.1, 0.15) is 11.5 Å². The summed E-state index contributed by atoms with van der Waals surface area (Å²) in [6.07, 6.45) is 7.26. The molecule has 1 aliphatic carbocycles. The molecule has 3 heterocycles. The minimum absolute atomic E-state index is 0.0829. The van der Waals surface area contributed by atoms with E-state index in [0.29, 0.717) is 5.75 Å². The molecule has 0 radical (unpaired) electrons. The fraction of sp³-hybridized carbons (Fsp3) is 0.286. The van der Waals surface area contributed by atoms with Gasteiger partial charge in [0.25, 0.3) is 0 Å². The number of aliphatic hydroxyl groups is 1. The molecule has 0 spiro atoms. The predicted octanol–water partition coefficient (Wildman–Crippen LogP) is 5.32. The molecule has 29 heavy (non-hydrogen) atoms. The van der Waals surface area contributed by atoms with Crippen molar-refractivity contribution in [2.75, 3.05) is 5.32 Å². The summed E-state index contributed by atoms with van der Waals surface area (Å²) in [5.41, 5.74) is 4.55. The van der Waals surface area contributed by atoms with Gasteiger partial charge in [-0.15, -0.1) is 11.3 Å². The van der Waals surface area contributed by atoms with E-state index in [1.165, 1.54) is 0 Å². The van der Waals surface area contributed by atoms with Crippen LogP contribution in [0.2, 0.25) is 0 Å². The molecule has 0 aliphatic heterocycles. The Bertz CT molecular complexity index is 1110. The first-order valence-electron chi connectivity index (χ1n) is 9.61. The Balaban J connectivity index is 1.34. The first-order chi connectivity index (χ1) is 14.2. The van der Waals surface area contributed by atoms with Crippen LogP contribution in [0.3, 0.4) is 0 Å². The van der Waals surface area contributed by atoms with E-state index in [4.69, 9.17) is 4.74 Å². The molecule has 2 N–H and O–H groups in total. The molecule has 148 valence electrons. The largest absolute Gasteiger partial charge is 0.456 e. The van der Waals surface area contributed by atoms with Gasteiger partial charge in [0.05, 0.1) is 39.8 Å². The number of fused-ring (bicyclic) bond motifs is 1. The normalized spacial score (nSPS) is 19.3. The number of pyridine rings is 1. The van der Waals surface area contributed by atoms with Crippen LogP contribution < -0.4 is 10.1 Å². The second kappa shape index (κ2) is 8.06. The number of nitrogens with zero attached hydrogens (tertiary/aromatic N) is 3. The van der Waals surface area contributed by atoms with Gasteiger partial charge in [-0.3, -0.25) is 4.98 Å². The van der Waals surface area contributed by atoms with E-state index in [1.54, 1.807) is 40.6 Å². The number of ether oxygens (including phenoxy) is 1. The third-order valence-corrected chi connectivity index (χ3v) is 6.61. The molecule has 6 nitrogen and oxygen atoms in total. The zero-order valence-electron chi connectivity index (χ0n) is 15.6. The summed E-state index contributed by atoms with van der Waals surface area (Å²) in [4.78, 5) is 13.3. The predicted molar refractivity (Wildman–Crippen MR) is 117 cm³/mol. The number of aromatic nitrogens is 3. The lowest BCUT2D eigenvalue weighted by Crippen LogP contribution is -2.36. The molecule has 1 aromatic carbocycles. The molecule has 0 saturated heterocycles. The highest BCUT2D eigenvalue weighted by Crippen LogP contribution is 2.33. The highest BCUT2D eigenvalue weighted by molar-refractivity contribution is 7.22. The SMILES string of the molecule is O[C@@H]1CCCC[C@H]1Nc1nc2ccc(Oc3cncc(-c4cscn4)c3)cc2s1. The summed E-state index contributed by atoms with van der Waals surface area (Å²) in [6.45, 7) is 0. The van der Waals surface area contributed by atoms with Crippen molar-refractivity contribution in [1.82, 2.24) is 15.0 Å². The van der Waals surface area contributed by atoms with Crippen LogP contribution in [0, 0.1) is 0 Å². The minimum atomic E-state index is -0.299. The number of hydrogen-bond acceptors (Lipinski definition) is 8. The van der Waals surface area contributed by atoms with Crippen LogP contribution in [0.15, 0.2) is 47.5 Å². The molecule has 4 aromatic rings. The third-order valence-electron chi connectivity index (χ3n) is 5.08. The lowest BCUT2D eigenvalue weighted by Gasteiger charge is -2.27. The smallest absolute Gasteiger partial charge is 0.184 e. The first kappa shape index (κ1) is 18.5. The third kappa shape index (κ3) is 4.10. The summed E-state index contributed by atoms with van der Waals surface area (Å²) < 4.78 is 7.07. The maximum atomic E-state index is 10.2. The molecule has 0 bridgehead atoms. The van der Waals surface area contributed by atoms with E-state index in [-0.39, 0.29) is 12.1 Å². The Morgan fingerprint density at radius 1 is 1.10 bits per heavy atom. The number of nitrogens with one attached hydrogen (secondary N) is 1. The van der Waals surface area contributed by atoms with E-state index in [1.807, 2.05) is 29.6 Å². The lowest BCUT2D eigenvalue weighted by molar-refractivity contribution is 0.116. The van der Waals surface area contributed by atoms with Crippen molar-refractivity contribution in [3.63, 3.8) is 0 Å². The summed E-state index contributed by atoms with van der Waals surface area (Å²) in [7, 11) is 0.